The van der Waals surface area contributed by atoms with Crippen molar-refractivity contribution >= 4 is 29.7 Å². The Labute approximate surface area is 246 Å². The highest BCUT2D eigenvalue weighted by atomic mass is 32.2. The van der Waals surface area contributed by atoms with Gasteiger partial charge in [0.05, 0.1) is 0 Å². The molecule has 1 aromatic carbocycles. The molecule has 3 atom stereocenters. The predicted octanol–water partition coefficient (Wildman–Crippen LogP) is 6.49. The van der Waals surface area contributed by atoms with Crippen molar-refractivity contribution in [2.75, 3.05) is 18.6 Å². The van der Waals surface area contributed by atoms with Crippen LogP contribution in [0.25, 0.3) is 0 Å². The van der Waals surface area contributed by atoms with E-state index in [1.807, 2.05) is 13.2 Å². The number of para-hydroxylation sites is 1. The number of amides is 3. The average Bonchev–Trinajstić information content (AvgIpc) is 2.86. The van der Waals surface area contributed by atoms with Crippen LogP contribution in [0.5, 0.6) is 5.75 Å². The number of phenolic OH excluding ortho intramolecular Hbond substituents is 1. The van der Waals surface area contributed by atoms with Gasteiger partial charge < -0.3 is 25.4 Å². The topological polar surface area (TPSA) is 108 Å². The van der Waals surface area contributed by atoms with Crippen molar-refractivity contribution in [3.8, 4) is 5.75 Å². The molecular formula is C31H53N3O5S. The Morgan fingerprint density at radius 2 is 1.70 bits per heavy atom. The number of phenols is 1. The summed E-state index contributed by atoms with van der Waals surface area (Å²) in [5.41, 5.74) is 0.281. The molecule has 0 fully saturated rings. The van der Waals surface area contributed by atoms with Crippen LogP contribution in [-0.2, 0) is 14.3 Å². The lowest BCUT2D eigenvalue weighted by Crippen LogP contribution is -2.54. The number of hydrogen-bond acceptors (Lipinski definition) is 6. The molecule has 228 valence electrons. The van der Waals surface area contributed by atoms with Gasteiger partial charge in [-0.15, -0.1) is 0 Å². The second-order valence-electron chi connectivity index (χ2n) is 11.5. The van der Waals surface area contributed by atoms with Gasteiger partial charge in [-0.1, -0.05) is 64.2 Å². The minimum absolute atomic E-state index is 0.00431. The summed E-state index contributed by atoms with van der Waals surface area (Å²) in [6.45, 7) is 13.5. The number of aromatic hydroxyl groups is 1. The molecule has 0 aliphatic heterocycles. The number of nitrogens with zero attached hydrogens (tertiary/aromatic N) is 1. The van der Waals surface area contributed by atoms with Crippen LogP contribution in [0, 0.1) is 6.92 Å². The Bertz CT molecular complexity index is 934. The van der Waals surface area contributed by atoms with E-state index in [1.165, 1.54) is 0 Å². The molecule has 0 aliphatic rings. The summed E-state index contributed by atoms with van der Waals surface area (Å²) in [5.74, 6) is -0.0732. The van der Waals surface area contributed by atoms with E-state index in [4.69, 9.17) is 4.74 Å². The quantitative estimate of drug-likeness (QED) is 0.182. The molecule has 0 aromatic heterocycles. The monoisotopic (exact) mass is 579 g/mol. The van der Waals surface area contributed by atoms with Crippen LogP contribution in [0.4, 0.5) is 4.79 Å². The minimum Gasteiger partial charge on any atom is -0.507 e. The zero-order chi connectivity index (χ0) is 30.3. The van der Waals surface area contributed by atoms with Gasteiger partial charge in [-0.25, -0.2) is 4.79 Å². The summed E-state index contributed by atoms with van der Waals surface area (Å²) in [6.07, 6.45) is 8.18. The Morgan fingerprint density at radius 1 is 1.02 bits per heavy atom. The van der Waals surface area contributed by atoms with Crippen molar-refractivity contribution in [3.05, 3.63) is 29.3 Å². The first-order chi connectivity index (χ1) is 18.9. The van der Waals surface area contributed by atoms with Crippen molar-refractivity contribution < 1.29 is 24.2 Å². The molecule has 3 amide bonds. The fraction of sp³-hybridized carbons (Fsp3) is 0.710. The van der Waals surface area contributed by atoms with Crippen molar-refractivity contribution in [2.24, 2.45) is 0 Å². The molecule has 9 heteroatoms. The number of carbonyl (C=O) groups excluding carboxylic acids is 3. The molecule has 0 saturated carbocycles. The van der Waals surface area contributed by atoms with E-state index in [1.54, 1.807) is 62.6 Å². The number of nitrogens with one attached hydrogen (secondary N) is 2. The van der Waals surface area contributed by atoms with E-state index in [0.717, 1.165) is 38.5 Å². The molecule has 0 radical (unpaired) electrons. The lowest BCUT2D eigenvalue weighted by Gasteiger charge is -2.35. The summed E-state index contributed by atoms with van der Waals surface area (Å²) >= 11 is 1.57. The Morgan fingerprint density at radius 3 is 2.30 bits per heavy atom. The van der Waals surface area contributed by atoms with Gasteiger partial charge in [-0.2, -0.15) is 11.8 Å². The molecule has 8 nitrogen and oxygen atoms in total. The molecule has 0 spiro atoms. The molecule has 3 N–H and O–H groups in total. The van der Waals surface area contributed by atoms with E-state index in [0.29, 0.717) is 36.3 Å². The lowest BCUT2D eigenvalue weighted by atomic mass is 9.98. The van der Waals surface area contributed by atoms with Gasteiger partial charge in [0, 0.05) is 18.2 Å². The van der Waals surface area contributed by atoms with Crippen LogP contribution in [0.2, 0.25) is 0 Å². The third kappa shape index (κ3) is 12.4. The molecule has 0 aliphatic carbocycles. The number of hydrogen-bond donors (Lipinski definition) is 3. The normalized spacial score (nSPS) is 13.7. The highest BCUT2D eigenvalue weighted by Gasteiger charge is 2.37. The maximum atomic E-state index is 14.3. The highest BCUT2D eigenvalue weighted by Crippen LogP contribution is 2.33. The number of thioether (sulfide) groups is 1. The van der Waals surface area contributed by atoms with Crippen molar-refractivity contribution in [1.82, 2.24) is 15.5 Å². The fourth-order valence-corrected chi connectivity index (χ4v) is 5.05. The number of unbranched alkanes of at least 4 members (excludes halogenated alkanes) is 4. The first-order valence-electron chi connectivity index (χ1n) is 14.7. The zero-order valence-corrected chi connectivity index (χ0v) is 26.8. The Kier molecular flexibility index (Phi) is 16.1. The maximum absolute atomic E-state index is 14.3. The van der Waals surface area contributed by atoms with Crippen LogP contribution in [0.3, 0.4) is 0 Å². The molecule has 0 heterocycles. The van der Waals surface area contributed by atoms with Crippen LogP contribution < -0.4 is 10.6 Å². The van der Waals surface area contributed by atoms with Crippen LogP contribution in [0.15, 0.2) is 18.2 Å². The fourth-order valence-electron chi connectivity index (χ4n) is 4.58. The van der Waals surface area contributed by atoms with Gasteiger partial charge in [-0.05, 0) is 71.5 Å². The van der Waals surface area contributed by atoms with Gasteiger partial charge in [0.25, 0.3) is 0 Å². The average molecular weight is 580 g/mol. The smallest absolute Gasteiger partial charge is 0.408 e. The minimum atomic E-state index is -1.05. The summed E-state index contributed by atoms with van der Waals surface area (Å²) in [6, 6.07) is 3.24. The van der Waals surface area contributed by atoms with Crippen molar-refractivity contribution in [3.63, 3.8) is 0 Å². The van der Waals surface area contributed by atoms with E-state index < -0.39 is 23.8 Å². The second kappa shape index (κ2) is 18.1. The highest BCUT2D eigenvalue weighted by molar-refractivity contribution is 7.98. The molecule has 0 bridgehead atoms. The standard InChI is InChI=1S/C31H53N3O5S/c1-9-11-12-13-14-20-34(29(37)25(19-21-40-8)33-30(38)39-31(5,6)7)26(28(36)32-23(4)16-10-2)24-18-15-17-22(3)27(24)35/h15,17-18,23,25-26,35H,9-14,16,19-21H2,1-8H3,(H,32,36)(H,33,38). The SMILES string of the molecule is CCCCCCCN(C(=O)C(CCSC)NC(=O)OC(C)(C)C)C(C(=O)NC(C)CCC)c1cccc(C)c1O. The van der Waals surface area contributed by atoms with E-state index >= 15 is 0 Å². The number of rotatable bonds is 17. The Hall–Kier alpha value is -2.42. The number of alkyl carbamates (subject to hydrolysis) is 1. The van der Waals surface area contributed by atoms with Gasteiger partial charge in [0.1, 0.15) is 23.4 Å². The predicted molar refractivity (Wildman–Crippen MR) is 165 cm³/mol. The molecule has 40 heavy (non-hydrogen) atoms. The maximum Gasteiger partial charge on any atom is 0.408 e. The third-order valence-corrected chi connectivity index (χ3v) is 7.26. The Balaban J connectivity index is 3.55. The largest absolute Gasteiger partial charge is 0.507 e. The third-order valence-electron chi connectivity index (χ3n) is 6.62. The van der Waals surface area contributed by atoms with Crippen molar-refractivity contribution in [2.45, 2.75) is 124 Å². The second-order valence-corrected chi connectivity index (χ2v) is 12.5. The first-order valence-corrected chi connectivity index (χ1v) is 16.1. The number of ether oxygens (including phenoxy) is 1. The number of aryl methyl sites for hydroxylation is 1. The molecule has 0 saturated heterocycles. The van der Waals surface area contributed by atoms with E-state index in [-0.39, 0.29) is 23.6 Å². The molecule has 1 rings (SSSR count). The van der Waals surface area contributed by atoms with Gasteiger partial charge in [0.2, 0.25) is 11.8 Å². The summed E-state index contributed by atoms with van der Waals surface area (Å²) in [7, 11) is 0. The zero-order valence-electron chi connectivity index (χ0n) is 26.0. The molecule has 1 aromatic rings. The van der Waals surface area contributed by atoms with Crippen LogP contribution in [0.1, 0.15) is 110 Å². The number of benzene rings is 1. The van der Waals surface area contributed by atoms with Gasteiger partial charge >= 0.3 is 6.09 Å². The molecule has 3 unspecified atom stereocenters. The van der Waals surface area contributed by atoms with Gasteiger partial charge in [0.15, 0.2) is 0 Å². The van der Waals surface area contributed by atoms with Gasteiger partial charge in [-0.3, -0.25) is 9.59 Å². The van der Waals surface area contributed by atoms with E-state index in [9.17, 15) is 19.5 Å². The summed E-state index contributed by atoms with van der Waals surface area (Å²) in [5, 5.41) is 16.9. The van der Waals surface area contributed by atoms with Crippen LogP contribution >= 0.6 is 11.8 Å². The lowest BCUT2D eigenvalue weighted by molar-refractivity contribution is -0.143. The summed E-state index contributed by atoms with van der Waals surface area (Å²) in [4.78, 5) is 42.5. The van der Waals surface area contributed by atoms with Crippen LogP contribution in [-0.4, -0.2) is 64.2 Å². The summed E-state index contributed by atoms with van der Waals surface area (Å²) < 4.78 is 5.46. The van der Waals surface area contributed by atoms with E-state index in [2.05, 4.69) is 24.5 Å². The first kappa shape index (κ1) is 35.6. The van der Waals surface area contributed by atoms with Crippen molar-refractivity contribution in [1.29, 1.82) is 0 Å². The molecular weight excluding hydrogens is 526 g/mol. The number of carbonyl (C=O) groups is 3.